The Morgan fingerprint density at radius 1 is 0.355 bits per heavy atom. The number of nitrogens with zero attached hydrogens (tertiary/aromatic N) is 16. The van der Waals surface area contributed by atoms with Gasteiger partial charge in [-0.3, -0.25) is 4.79 Å². The van der Waals surface area contributed by atoms with Crippen molar-refractivity contribution in [3.63, 3.8) is 0 Å². The van der Waals surface area contributed by atoms with E-state index in [4.69, 9.17) is 10.2 Å². The fraction of sp³-hybridized carbons (Fsp3) is 0.268. The van der Waals surface area contributed by atoms with Crippen molar-refractivity contribution in [1.29, 1.82) is 0 Å². The Morgan fingerprint density at radius 2 is 0.636 bits per heavy atom. The molecule has 10 aromatic heterocycles. The second-order valence-electron chi connectivity index (χ2n) is 32.3. The van der Waals surface area contributed by atoms with Crippen molar-refractivity contribution >= 4 is 34.1 Å². The van der Waals surface area contributed by atoms with Gasteiger partial charge in [-0.05, 0) is 215 Å². The minimum absolute atomic E-state index is 0.00334. The second-order valence-corrected chi connectivity index (χ2v) is 32.3. The summed E-state index contributed by atoms with van der Waals surface area (Å²) in [5.74, 6) is 7.02. The molecular formula is C97H92F6N16O2. The summed E-state index contributed by atoms with van der Waals surface area (Å²) in [4.78, 5) is 36.6. The molecule has 0 saturated heterocycles. The summed E-state index contributed by atoms with van der Waals surface area (Å²) in [6, 6.07) is 63.2. The second kappa shape index (κ2) is 34.7. The van der Waals surface area contributed by atoms with Crippen molar-refractivity contribution in [2.45, 2.75) is 122 Å². The van der Waals surface area contributed by atoms with E-state index < -0.39 is 23.5 Å². The smallest absolute Gasteiger partial charge is 0.392 e. The van der Waals surface area contributed by atoms with Crippen molar-refractivity contribution in [2.75, 3.05) is 14.1 Å². The molecule has 15 aromatic rings. The molecule has 5 aromatic carbocycles. The third-order valence-electron chi connectivity index (χ3n) is 22.3. The number of hydrogen-bond donors (Lipinski definition) is 1. The summed E-state index contributed by atoms with van der Waals surface area (Å²) in [7, 11) is 3.51. The van der Waals surface area contributed by atoms with Crippen molar-refractivity contribution in [2.24, 2.45) is 29.6 Å². The van der Waals surface area contributed by atoms with Gasteiger partial charge < -0.3 is 10.0 Å². The Labute approximate surface area is 696 Å². The first kappa shape index (κ1) is 81.6. The first-order valence-electron chi connectivity index (χ1n) is 40.9. The average molecular weight is 1630 g/mol. The lowest BCUT2D eigenvalue weighted by atomic mass is 10.1. The van der Waals surface area contributed by atoms with Crippen LogP contribution >= 0.6 is 0 Å². The largest absolute Gasteiger partial charge is 0.416 e. The number of benzene rings is 5. The van der Waals surface area contributed by atoms with Gasteiger partial charge in [0.2, 0.25) is 0 Å². The maximum atomic E-state index is 13.0. The number of halogens is 6. The van der Waals surface area contributed by atoms with E-state index in [2.05, 4.69) is 110 Å². The van der Waals surface area contributed by atoms with Crippen molar-refractivity contribution < 1.29 is 36.2 Å². The first-order valence-corrected chi connectivity index (χ1v) is 40.9. The van der Waals surface area contributed by atoms with Crippen LogP contribution in [0.1, 0.15) is 126 Å². The third kappa shape index (κ3) is 19.8. The molecule has 0 aliphatic heterocycles. The molecule has 5 saturated carbocycles. The molecule has 18 nitrogen and oxygen atoms in total. The summed E-state index contributed by atoms with van der Waals surface area (Å²) in [6.45, 7) is 22.9. The number of amides is 1. The molecule has 1 amide bonds. The zero-order valence-corrected chi connectivity index (χ0v) is 67.7. The zero-order valence-electron chi connectivity index (χ0n) is 67.7. The van der Waals surface area contributed by atoms with Gasteiger partial charge >= 0.3 is 12.4 Å². The predicted octanol–water partition coefficient (Wildman–Crippen LogP) is 21.1. The quantitative estimate of drug-likeness (QED) is 0.0500. The van der Waals surface area contributed by atoms with E-state index in [9.17, 15) is 36.2 Å². The molecule has 10 heterocycles. The van der Waals surface area contributed by atoms with Gasteiger partial charge in [0.25, 0.3) is 5.91 Å². The van der Waals surface area contributed by atoms with Crippen molar-refractivity contribution in [3.8, 4) is 56.3 Å². The minimum atomic E-state index is -4.38. The van der Waals surface area contributed by atoms with Crippen LogP contribution in [0.3, 0.4) is 0 Å². The standard InChI is InChI=1S/C21H22N4O.2C19H16F3N3.C19H19N3O.C19H19N3/c1-14(15-7-8-15)13-19-22-20-6-4-5-18(25(20)23-19)16-9-11-17(12-10-16)21(26)24(2)3;1-12(13-8-9-13)10-17-23-18-7-3-6-16(25(18)24-17)14-4-2-5-15(11-14)19(20,21)22;1-12(13-5-6-13)11-17-23-18-4-2-3-16(25(18)24-17)14-7-9-15(10-8-14)19(20,21)22;1-13(15-8-9-15)10-18-20-19-7-3-6-17(22(19)21-18)16-5-2-4-14(11-16)12-23;1-13-5-3-6-16(11-13)17-7-4-8-19-20-18(21-22(17)19)12-14(2)15-9-10-15/h4-6,9-12,15H,1,7-8,13H2,2-3H3;2-7,11,13H,1,8-10H2;2-4,7-10,13H,1,5-6,11H2;2-7,11,15,23H,1,8-10,12H2;3-8,11,15H,2,9-10,12H2,1H3. The fourth-order valence-electron chi connectivity index (χ4n) is 14.8. The van der Waals surface area contributed by atoms with Gasteiger partial charge in [-0.1, -0.05) is 169 Å². The Balaban J connectivity index is 0.000000113. The SMILES string of the molecule is C=C(Cc1nc2cccc(-c3ccc(C(=O)N(C)C)cc3)n2n1)C1CC1.C=C(Cc1nc2cccc(-c3ccc(C(F)(F)F)cc3)n2n1)C1CC1.C=C(Cc1nc2cccc(-c3cccc(C(F)(F)F)c3)n2n1)C1CC1.C=C(Cc1nc2cccc(-c3cccc(C)c3)n2n1)C1CC1.C=C(Cc1nc2cccc(-c3cccc(CO)c3)n2n1)C1CC1. The molecular weight excluding hydrogens is 1540 g/mol. The molecule has 121 heavy (non-hydrogen) atoms. The number of alkyl halides is 6. The van der Waals surface area contributed by atoms with Gasteiger partial charge in [0.1, 0.15) is 0 Å². The van der Waals surface area contributed by atoms with Gasteiger partial charge in [0, 0.05) is 79.6 Å². The van der Waals surface area contributed by atoms with E-state index >= 15 is 0 Å². The van der Waals surface area contributed by atoms with E-state index in [0.29, 0.717) is 93.5 Å². The molecule has 20 rings (SSSR count). The number of carbonyl (C=O) groups excluding carboxylic acids is 1. The topological polar surface area (TPSA) is 191 Å². The number of carbonyl (C=O) groups is 1. The summed E-state index contributed by atoms with van der Waals surface area (Å²) in [6.07, 6.45) is 7.07. The maximum absolute atomic E-state index is 13.0. The normalized spacial score (nSPS) is 14.4. The highest BCUT2D eigenvalue weighted by molar-refractivity contribution is 5.94. The van der Waals surface area contributed by atoms with Gasteiger partial charge in [-0.25, -0.2) is 47.5 Å². The number of rotatable bonds is 22. The number of fused-ring (bicyclic) bond motifs is 5. The number of aryl methyl sites for hydroxylation is 1. The Bertz CT molecular complexity index is 6400. The van der Waals surface area contributed by atoms with E-state index in [-0.39, 0.29) is 12.5 Å². The van der Waals surface area contributed by atoms with E-state index in [1.807, 2.05) is 129 Å². The summed E-state index contributed by atoms with van der Waals surface area (Å²) >= 11 is 0. The molecule has 5 aliphatic rings. The zero-order chi connectivity index (χ0) is 84.4. The van der Waals surface area contributed by atoms with Crippen LogP contribution in [0.5, 0.6) is 0 Å². The van der Waals surface area contributed by atoms with Crippen LogP contribution in [0.4, 0.5) is 26.3 Å². The monoisotopic (exact) mass is 1630 g/mol. The summed E-state index contributed by atoms with van der Waals surface area (Å²) in [5, 5.41) is 32.5. The molecule has 1 N–H and O–H groups in total. The Hall–Kier alpha value is -13.1. The molecule has 0 unspecified atom stereocenters. The molecule has 0 spiro atoms. The molecule has 614 valence electrons. The lowest BCUT2D eigenvalue weighted by Crippen LogP contribution is -2.21. The van der Waals surface area contributed by atoms with Crippen molar-refractivity contribution in [1.82, 2.24) is 77.9 Å². The number of aliphatic hydroxyl groups is 1. The first-order chi connectivity index (χ1) is 58.3. The fourth-order valence-corrected chi connectivity index (χ4v) is 14.8. The van der Waals surface area contributed by atoms with Crippen LogP contribution in [-0.2, 0) is 51.1 Å². The van der Waals surface area contributed by atoms with Gasteiger partial charge in [0.15, 0.2) is 57.4 Å². The number of pyridine rings is 5. The maximum Gasteiger partial charge on any atom is 0.416 e. The third-order valence-corrected chi connectivity index (χ3v) is 22.3. The van der Waals surface area contributed by atoms with Crippen molar-refractivity contribution in [3.05, 3.63) is 330 Å². The highest BCUT2D eigenvalue weighted by Crippen LogP contribution is 2.42. The van der Waals surface area contributed by atoms with E-state index in [0.717, 1.165) is 123 Å². The van der Waals surface area contributed by atoms with Gasteiger partial charge in [-0.15, -0.1) is 0 Å². The minimum Gasteiger partial charge on any atom is -0.392 e. The van der Waals surface area contributed by atoms with Gasteiger partial charge in [-0.2, -0.15) is 51.8 Å². The van der Waals surface area contributed by atoms with Crippen LogP contribution in [0.15, 0.2) is 273 Å². The molecule has 0 radical (unpaired) electrons. The Morgan fingerprint density at radius 3 is 0.934 bits per heavy atom. The molecule has 0 bridgehead atoms. The summed E-state index contributed by atoms with van der Waals surface area (Å²) < 4.78 is 86.1. The lowest BCUT2D eigenvalue weighted by Gasteiger charge is -2.10. The lowest BCUT2D eigenvalue weighted by molar-refractivity contribution is -0.138. The number of aromatic nitrogens is 15. The molecule has 5 aliphatic carbocycles. The van der Waals surface area contributed by atoms with Crippen LogP contribution in [-0.4, -0.2) is 103 Å². The van der Waals surface area contributed by atoms with Crippen LogP contribution < -0.4 is 0 Å². The van der Waals surface area contributed by atoms with E-state index in [1.54, 1.807) is 52.3 Å². The molecule has 5 fully saturated rings. The number of hydrogen-bond acceptors (Lipinski definition) is 12. The predicted molar refractivity (Wildman–Crippen MR) is 459 cm³/mol. The average Bonchev–Trinajstić information content (AvgIpc) is 1.57. The van der Waals surface area contributed by atoms with Gasteiger partial charge in [0.05, 0.1) is 46.2 Å². The number of aliphatic hydroxyl groups excluding tert-OH is 1. The van der Waals surface area contributed by atoms with Crippen LogP contribution in [0.2, 0.25) is 0 Å². The Kier molecular flexibility index (Phi) is 23.4. The summed E-state index contributed by atoms with van der Waals surface area (Å²) in [5.41, 5.74) is 20.0. The highest BCUT2D eigenvalue weighted by atomic mass is 19.4. The van der Waals surface area contributed by atoms with Crippen LogP contribution in [0, 0.1) is 36.5 Å². The number of allylic oxidation sites excluding steroid dienone is 5. The molecule has 24 heteroatoms. The van der Waals surface area contributed by atoms with Crippen LogP contribution in [0.25, 0.3) is 84.5 Å². The highest BCUT2D eigenvalue weighted by Gasteiger charge is 2.34. The molecule has 0 atom stereocenters. The van der Waals surface area contributed by atoms with E-state index in [1.165, 1.54) is 110 Å².